The monoisotopic (exact) mass is 636 g/mol. The number of halogens is 3. The summed E-state index contributed by atoms with van der Waals surface area (Å²) in [5.74, 6) is -0.105. The fraction of sp³-hybridized carbons (Fsp3) is 0.321. The summed E-state index contributed by atoms with van der Waals surface area (Å²) < 4.78 is 48.8. The van der Waals surface area contributed by atoms with Crippen molar-refractivity contribution in [2.75, 3.05) is 20.8 Å². The SMILES string of the molecule is CCCC1=C(C(=O)OCC)[C@@H](c2cc(Br)ccc2OC)n2c(s/c(=C\c3ccc(OC(F)F)c(OC)c3)c2=O)=N1. The second-order valence-electron chi connectivity index (χ2n) is 8.59. The van der Waals surface area contributed by atoms with Crippen LogP contribution in [0.2, 0.25) is 0 Å². The van der Waals surface area contributed by atoms with E-state index in [-0.39, 0.29) is 29.2 Å². The maximum atomic E-state index is 13.9. The molecule has 3 aromatic rings. The van der Waals surface area contributed by atoms with Gasteiger partial charge in [-0.3, -0.25) is 9.36 Å². The van der Waals surface area contributed by atoms with Gasteiger partial charge < -0.3 is 18.9 Å². The van der Waals surface area contributed by atoms with Gasteiger partial charge in [0.25, 0.3) is 5.56 Å². The molecule has 212 valence electrons. The Bertz CT molecular complexity index is 1630. The van der Waals surface area contributed by atoms with Gasteiger partial charge in [-0.2, -0.15) is 8.78 Å². The number of methoxy groups -OCH3 is 2. The summed E-state index contributed by atoms with van der Waals surface area (Å²) >= 11 is 4.65. The van der Waals surface area contributed by atoms with Gasteiger partial charge in [0, 0.05) is 10.0 Å². The van der Waals surface area contributed by atoms with Crippen LogP contribution in [0.5, 0.6) is 17.2 Å². The Hall–Kier alpha value is -3.51. The lowest BCUT2D eigenvalue weighted by Gasteiger charge is -2.27. The maximum absolute atomic E-state index is 13.9. The third kappa shape index (κ3) is 5.97. The molecule has 8 nitrogen and oxygen atoms in total. The van der Waals surface area contributed by atoms with Gasteiger partial charge in [0.15, 0.2) is 16.3 Å². The van der Waals surface area contributed by atoms with E-state index in [1.54, 1.807) is 25.1 Å². The van der Waals surface area contributed by atoms with Crippen molar-refractivity contribution < 1.29 is 32.5 Å². The summed E-state index contributed by atoms with van der Waals surface area (Å²) in [7, 11) is 2.86. The van der Waals surface area contributed by atoms with Crippen LogP contribution >= 0.6 is 27.3 Å². The second-order valence-corrected chi connectivity index (χ2v) is 10.5. The van der Waals surface area contributed by atoms with Crippen LogP contribution in [0.25, 0.3) is 6.08 Å². The van der Waals surface area contributed by atoms with Crippen LogP contribution in [0.15, 0.2) is 61.9 Å². The lowest BCUT2D eigenvalue weighted by molar-refractivity contribution is -0.139. The Balaban J connectivity index is 1.98. The van der Waals surface area contributed by atoms with Crippen LogP contribution < -0.4 is 29.1 Å². The molecule has 0 saturated carbocycles. The van der Waals surface area contributed by atoms with E-state index in [4.69, 9.17) is 19.2 Å². The summed E-state index contributed by atoms with van der Waals surface area (Å²) in [4.78, 5) is 32.4. The van der Waals surface area contributed by atoms with Gasteiger partial charge in [0.05, 0.1) is 36.6 Å². The predicted octanol–water partition coefficient (Wildman–Crippen LogP) is 4.96. The number of fused-ring (bicyclic) bond motifs is 1. The lowest BCUT2D eigenvalue weighted by Crippen LogP contribution is -2.40. The van der Waals surface area contributed by atoms with Crippen molar-refractivity contribution in [1.29, 1.82) is 0 Å². The van der Waals surface area contributed by atoms with Crippen LogP contribution in [0.4, 0.5) is 8.78 Å². The number of nitrogens with zero attached hydrogens (tertiary/aromatic N) is 2. The fourth-order valence-corrected chi connectivity index (χ4v) is 5.85. The number of alkyl halides is 2. The molecule has 1 aromatic heterocycles. The van der Waals surface area contributed by atoms with Crippen LogP contribution in [0.1, 0.15) is 43.9 Å². The number of rotatable bonds is 10. The van der Waals surface area contributed by atoms with E-state index in [1.165, 1.54) is 30.9 Å². The standard InChI is InChI=1S/C28H27BrF2N2O6S/c1-5-7-18-23(26(35)38-6-2)24(17-14-16(29)9-11-19(17)36-3)33-25(34)22(40-28(33)32-18)13-15-8-10-20(39-27(30)31)21(12-15)37-4/h8-14,24,27H,5-7H2,1-4H3/b22-13-/t24-/m1/s1. The number of allylic oxidation sites excluding steroid dienone is 1. The molecule has 0 fully saturated rings. The molecule has 1 aliphatic rings. The van der Waals surface area contributed by atoms with Crippen molar-refractivity contribution in [3.63, 3.8) is 0 Å². The van der Waals surface area contributed by atoms with E-state index in [1.807, 2.05) is 19.1 Å². The first kappa shape index (κ1) is 29.5. The topological polar surface area (TPSA) is 88.4 Å². The van der Waals surface area contributed by atoms with Crippen molar-refractivity contribution in [2.45, 2.75) is 39.3 Å². The normalized spacial score (nSPS) is 15.1. The van der Waals surface area contributed by atoms with Crippen LogP contribution in [0.3, 0.4) is 0 Å². The smallest absolute Gasteiger partial charge is 0.387 e. The van der Waals surface area contributed by atoms with E-state index in [0.717, 1.165) is 15.8 Å². The van der Waals surface area contributed by atoms with Gasteiger partial charge in [-0.15, -0.1) is 0 Å². The molecule has 2 aromatic carbocycles. The van der Waals surface area contributed by atoms with E-state index in [0.29, 0.717) is 44.7 Å². The predicted molar refractivity (Wildman–Crippen MR) is 150 cm³/mol. The largest absolute Gasteiger partial charge is 0.496 e. The molecule has 12 heteroatoms. The highest BCUT2D eigenvalue weighted by Gasteiger charge is 2.36. The lowest BCUT2D eigenvalue weighted by atomic mass is 9.93. The maximum Gasteiger partial charge on any atom is 0.387 e. The van der Waals surface area contributed by atoms with E-state index >= 15 is 0 Å². The highest BCUT2D eigenvalue weighted by atomic mass is 79.9. The number of hydrogen-bond donors (Lipinski definition) is 0. The number of hydrogen-bond acceptors (Lipinski definition) is 8. The molecule has 0 saturated heterocycles. The molecular formula is C28H27BrF2N2O6S. The molecule has 0 radical (unpaired) electrons. The third-order valence-corrected chi connectivity index (χ3v) is 7.56. The zero-order chi connectivity index (χ0) is 29.0. The average molecular weight is 637 g/mol. The average Bonchev–Trinajstić information content (AvgIpc) is 3.22. The first-order chi connectivity index (χ1) is 19.2. The van der Waals surface area contributed by atoms with Crippen molar-refractivity contribution in [3.05, 3.63) is 83.0 Å². The number of carbonyl (C=O) groups is 1. The summed E-state index contributed by atoms with van der Waals surface area (Å²) in [6, 6.07) is 8.90. The molecule has 0 unspecified atom stereocenters. The quantitative estimate of drug-likeness (QED) is 0.292. The summed E-state index contributed by atoms with van der Waals surface area (Å²) in [5.41, 5.74) is 1.54. The minimum atomic E-state index is -3.01. The van der Waals surface area contributed by atoms with Gasteiger partial charge in [0.1, 0.15) is 11.8 Å². The van der Waals surface area contributed by atoms with Crippen molar-refractivity contribution in [1.82, 2.24) is 4.57 Å². The molecule has 40 heavy (non-hydrogen) atoms. The van der Waals surface area contributed by atoms with Gasteiger partial charge in [-0.25, -0.2) is 9.79 Å². The summed E-state index contributed by atoms with van der Waals surface area (Å²) in [6.07, 6.45) is 2.82. The number of thiazole rings is 1. The minimum Gasteiger partial charge on any atom is -0.496 e. The fourth-order valence-electron chi connectivity index (χ4n) is 4.45. The third-order valence-electron chi connectivity index (χ3n) is 6.08. The molecule has 4 rings (SSSR count). The highest BCUT2D eigenvalue weighted by Crippen LogP contribution is 2.38. The van der Waals surface area contributed by atoms with Crippen LogP contribution in [-0.2, 0) is 9.53 Å². The van der Waals surface area contributed by atoms with E-state index in [2.05, 4.69) is 20.7 Å². The molecule has 2 heterocycles. The first-order valence-electron chi connectivity index (χ1n) is 12.4. The van der Waals surface area contributed by atoms with Gasteiger partial charge in [-0.05, 0) is 55.3 Å². The summed E-state index contributed by atoms with van der Waals surface area (Å²) in [5, 5.41) is 0. The molecule has 0 bridgehead atoms. The molecule has 0 spiro atoms. The Kier molecular flexibility index (Phi) is 9.41. The Morgan fingerprint density at radius 3 is 2.50 bits per heavy atom. The zero-order valence-corrected chi connectivity index (χ0v) is 24.6. The first-order valence-corrected chi connectivity index (χ1v) is 14.0. The van der Waals surface area contributed by atoms with Crippen molar-refractivity contribution >= 4 is 39.3 Å². The van der Waals surface area contributed by atoms with Crippen LogP contribution in [0, 0.1) is 0 Å². The van der Waals surface area contributed by atoms with E-state index < -0.39 is 18.6 Å². The molecule has 1 aliphatic heterocycles. The second kappa shape index (κ2) is 12.8. The number of carbonyl (C=O) groups excluding carboxylic acids is 1. The number of ether oxygens (including phenoxy) is 4. The zero-order valence-electron chi connectivity index (χ0n) is 22.2. The molecule has 0 N–H and O–H groups in total. The van der Waals surface area contributed by atoms with Crippen LogP contribution in [-0.4, -0.2) is 38.0 Å². The Labute approximate surface area is 241 Å². The number of aromatic nitrogens is 1. The molecule has 0 amide bonds. The van der Waals surface area contributed by atoms with Gasteiger partial charge >= 0.3 is 12.6 Å². The number of benzene rings is 2. The Morgan fingerprint density at radius 1 is 1.12 bits per heavy atom. The minimum absolute atomic E-state index is 0.0911. The van der Waals surface area contributed by atoms with Crippen molar-refractivity contribution in [3.8, 4) is 17.2 Å². The molecule has 1 atom stereocenters. The summed E-state index contributed by atoms with van der Waals surface area (Å²) in [6.45, 7) is 0.837. The van der Waals surface area contributed by atoms with Gasteiger partial charge in [0.2, 0.25) is 0 Å². The number of esters is 1. The highest BCUT2D eigenvalue weighted by molar-refractivity contribution is 9.10. The van der Waals surface area contributed by atoms with Crippen molar-refractivity contribution in [2.24, 2.45) is 4.99 Å². The van der Waals surface area contributed by atoms with E-state index in [9.17, 15) is 18.4 Å². The van der Waals surface area contributed by atoms with Gasteiger partial charge in [-0.1, -0.05) is 46.7 Å². The Morgan fingerprint density at radius 2 is 1.85 bits per heavy atom. The molecular weight excluding hydrogens is 610 g/mol. The molecule has 0 aliphatic carbocycles.